The van der Waals surface area contributed by atoms with Crippen LogP contribution in [0.3, 0.4) is 0 Å². The Morgan fingerprint density at radius 1 is 1.25 bits per heavy atom. The highest BCUT2D eigenvalue weighted by Gasteiger charge is 2.21. The first-order valence-corrected chi connectivity index (χ1v) is 5.31. The first-order chi connectivity index (χ1) is 7.52. The summed E-state index contributed by atoms with van der Waals surface area (Å²) in [5.41, 5.74) is 7.00. The highest BCUT2D eigenvalue weighted by Crippen LogP contribution is 2.17. The third kappa shape index (κ3) is 3.54. The second kappa shape index (κ2) is 5.92. The summed E-state index contributed by atoms with van der Waals surface area (Å²) in [5.74, 6) is 0. The summed E-state index contributed by atoms with van der Waals surface area (Å²) in [7, 11) is 1.67. The number of alkyl halides is 2. The Labute approximate surface area is 95.1 Å². The monoisotopic (exact) mass is 228 g/mol. The predicted molar refractivity (Wildman–Crippen MR) is 61.5 cm³/mol. The molecule has 0 saturated heterocycles. The van der Waals surface area contributed by atoms with Gasteiger partial charge in [0.2, 0.25) is 0 Å². The van der Waals surface area contributed by atoms with Gasteiger partial charge in [0.25, 0.3) is 6.43 Å². The fourth-order valence-electron chi connectivity index (χ4n) is 1.61. The molecular formula is C12H18F2N2. The highest BCUT2D eigenvalue weighted by molar-refractivity contribution is 5.19. The maximum atomic E-state index is 12.2. The predicted octanol–water partition coefficient (Wildman–Crippen LogP) is 2.27. The molecule has 0 aromatic heterocycles. The van der Waals surface area contributed by atoms with Gasteiger partial charge in [0.1, 0.15) is 0 Å². The summed E-state index contributed by atoms with van der Waals surface area (Å²) in [6.45, 7) is 1.61. The molecule has 1 rings (SSSR count). The van der Waals surface area contributed by atoms with E-state index in [2.05, 4.69) is 0 Å². The summed E-state index contributed by atoms with van der Waals surface area (Å²) in [6.07, 6.45) is -2.32. The molecule has 0 aliphatic carbocycles. The number of hydrogen-bond donors (Lipinski definition) is 1. The molecule has 0 heterocycles. The number of nitrogens with two attached hydrogens (primary N) is 1. The zero-order valence-electron chi connectivity index (χ0n) is 9.61. The Balaban J connectivity index is 2.63. The minimum absolute atomic E-state index is 0.114. The van der Waals surface area contributed by atoms with E-state index in [-0.39, 0.29) is 18.6 Å². The third-order valence-corrected chi connectivity index (χ3v) is 2.83. The Hall–Kier alpha value is -1.00. The molecule has 0 radical (unpaired) electrons. The van der Waals surface area contributed by atoms with Crippen molar-refractivity contribution in [2.45, 2.75) is 25.4 Å². The van der Waals surface area contributed by atoms with Crippen LogP contribution >= 0.6 is 0 Å². The van der Waals surface area contributed by atoms with Crippen LogP contribution in [0, 0.1) is 0 Å². The molecule has 0 aliphatic heterocycles. The van der Waals surface area contributed by atoms with E-state index in [0.29, 0.717) is 0 Å². The first kappa shape index (κ1) is 13.1. The van der Waals surface area contributed by atoms with Crippen LogP contribution in [0.1, 0.15) is 18.5 Å². The largest absolute Gasteiger partial charge is 0.323 e. The summed E-state index contributed by atoms with van der Waals surface area (Å²) in [5, 5.41) is 0. The number of likely N-dealkylation sites (N-methyl/N-ethyl adjacent to an activating group) is 1. The van der Waals surface area contributed by atoms with Crippen LogP contribution in [0.15, 0.2) is 30.3 Å². The number of benzene rings is 1. The summed E-state index contributed by atoms with van der Waals surface area (Å²) in [6, 6.07) is 9.17. The van der Waals surface area contributed by atoms with Gasteiger partial charge >= 0.3 is 0 Å². The van der Waals surface area contributed by atoms with E-state index in [1.54, 1.807) is 11.9 Å². The molecule has 2 atom stereocenters. The van der Waals surface area contributed by atoms with Gasteiger partial charge in [-0.1, -0.05) is 30.3 Å². The van der Waals surface area contributed by atoms with Crippen molar-refractivity contribution in [2.24, 2.45) is 5.73 Å². The quantitative estimate of drug-likeness (QED) is 0.837. The number of rotatable bonds is 5. The van der Waals surface area contributed by atoms with Crippen molar-refractivity contribution >= 4 is 0 Å². The first-order valence-electron chi connectivity index (χ1n) is 5.31. The molecular weight excluding hydrogens is 210 g/mol. The maximum Gasteiger partial charge on any atom is 0.251 e. The van der Waals surface area contributed by atoms with E-state index >= 15 is 0 Å². The molecule has 0 bridgehead atoms. The van der Waals surface area contributed by atoms with E-state index in [1.165, 1.54) is 0 Å². The molecule has 0 fully saturated rings. The van der Waals surface area contributed by atoms with E-state index < -0.39 is 6.43 Å². The average Bonchev–Trinajstić information content (AvgIpc) is 2.27. The van der Waals surface area contributed by atoms with Crippen LogP contribution < -0.4 is 5.73 Å². The van der Waals surface area contributed by atoms with Crippen LogP contribution in [0.2, 0.25) is 0 Å². The zero-order chi connectivity index (χ0) is 12.1. The van der Waals surface area contributed by atoms with E-state index in [4.69, 9.17) is 5.73 Å². The van der Waals surface area contributed by atoms with Gasteiger partial charge in [0.05, 0.1) is 6.54 Å². The highest BCUT2D eigenvalue weighted by atomic mass is 19.3. The molecule has 4 heteroatoms. The van der Waals surface area contributed by atoms with Gasteiger partial charge in [-0.15, -0.1) is 0 Å². The van der Waals surface area contributed by atoms with Gasteiger partial charge in [-0.3, -0.25) is 4.90 Å². The fourth-order valence-corrected chi connectivity index (χ4v) is 1.61. The number of hydrogen-bond acceptors (Lipinski definition) is 2. The molecule has 16 heavy (non-hydrogen) atoms. The minimum atomic E-state index is -2.32. The average molecular weight is 228 g/mol. The Morgan fingerprint density at radius 3 is 2.31 bits per heavy atom. The van der Waals surface area contributed by atoms with Gasteiger partial charge in [0, 0.05) is 12.1 Å². The van der Waals surface area contributed by atoms with E-state index in [0.717, 1.165) is 5.56 Å². The smallest absolute Gasteiger partial charge is 0.251 e. The molecule has 0 spiro atoms. The fraction of sp³-hybridized carbons (Fsp3) is 0.500. The normalized spacial score (nSPS) is 15.4. The van der Waals surface area contributed by atoms with Crippen LogP contribution in [0.4, 0.5) is 8.78 Å². The van der Waals surface area contributed by atoms with Crippen LogP contribution in [-0.2, 0) is 0 Å². The molecule has 0 saturated carbocycles. The molecule has 90 valence electrons. The molecule has 0 amide bonds. The van der Waals surface area contributed by atoms with Crippen LogP contribution in [0.5, 0.6) is 0 Å². The lowest BCUT2D eigenvalue weighted by Gasteiger charge is -2.29. The number of halogens is 2. The Morgan fingerprint density at radius 2 is 1.81 bits per heavy atom. The SMILES string of the molecule is CC(C(N)c1ccccc1)N(C)CC(F)F. The lowest BCUT2D eigenvalue weighted by atomic mass is 10.0. The van der Waals surface area contributed by atoms with Crippen molar-refractivity contribution in [3.8, 4) is 0 Å². The second-order valence-electron chi connectivity index (χ2n) is 4.01. The van der Waals surface area contributed by atoms with Crippen molar-refractivity contribution < 1.29 is 8.78 Å². The number of nitrogens with zero attached hydrogens (tertiary/aromatic N) is 1. The molecule has 2 unspecified atom stereocenters. The van der Waals surface area contributed by atoms with Crippen LogP contribution in [0.25, 0.3) is 0 Å². The standard InChI is InChI=1S/C12H18F2N2/c1-9(16(2)8-11(13)14)12(15)10-6-4-3-5-7-10/h3-7,9,11-12H,8,15H2,1-2H3. The van der Waals surface area contributed by atoms with E-state index in [9.17, 15) is 8.78 Å². The lowest BCUT2D eigenvalue weighted by Crippen LogP contribution is -2.40. The topological polar surface area (TPSA) is 29.3 Å². The second-order valence-corrected chi connectivity index (χ2v) is 4.01. The van der Waals surface area contributed by atoms with Gasteiger partial charge < -0.3 is 5.73 Å². The van der Waals surface area contributed by atoms with E-state index in [1.807, 2.05) is 37.3 Å². The van der Waals surface area contributed by atoms with Crippen molar-refractivity contribution in [3.63, 3.8) is 0 Å². The van der Waals surface area contributed by atoms with Crippen molar-refractivity contribution in [2.75, 3.05) is 13.6 Å². The van der Waals surface area contributed by atoms with Crippen molar-refractivity contribution in [1.82, 2.24) is 4.90 Å². The van der Waals surface area contributed by atoms with Crippen molar-refractivity contribution in [1.29, 1.82) is 0 Å². The Kier molecular flexibility index (Phi) is 4.83. The summed E-state index contributed by atoms with van der Waals surface area (Å²) >= 11 is 0. The molecule has 2 N–H and O–H groups in total. The maximum absolute atomic E-state index is 12.2. The molecule has 0 aliphatic rings. The summed E-state index contributed by atoms with van der Waals surface area (Å²) in [4.78, 5) is 1.59. The van der Waals surface area contributed by atoms with Gasteiger partial charge in [-0.25, -0.2) is 8.78 Å². The molecule has 1 aromatic carbocycles. The third-order valence-electron chi connectivity index (χ3n) is 2.83. The van der Waals surface area contributed by atoms with Gasteiger partial charge in [-0.2, -0.15) is 0 Å². The van der Waals surface area contributed by atoms with Gasteiger partial charge in [-0.05, 0) is 19.5 Å². The van der Waals surface area contributed by atoms with Crippen LogP contribution in [-0.4, -0.2) is 31.0 Å². The van der Waals surface area contributed by atoms with Crippen molar-refractivity contribution in [3.05, 3.63) is 35.9 Å². The minimum Gasteiger partial charge on any atom is -0.323 e. The molecule has 2 nitrogen and oxygen atoms in total. The molecule has 1 aromatic rings. The lowest BCUT2D eigenvalue weighted by molar-refractivity contribution is 0.0784. The zero-order valence-corrected chi connectivity index (χ0v) is 9.61. The Bertz CT molecular complexity index is 303. The summed E-state index contributed by atoms with van der Waals surface area (Å²) < 4.78 is 24.5. The van der Waals surface area contributed by atoms with Gasteiger partial charge in [0.15, 0.2) is 0 Å².